The standard InChI is InChI=1S/C9H15BrO2/c1-2-9(11)12-6-7-4-3-5-8(7)10/h7-8H,2-6H2,1H3. The molecule has 1 saturated carbocycles. The number of ether oxygens (including phenoxy) is 1. The van der Waals surface area contributed by atoms with E-state index < -0.39 is 0 Å². The summed E-state index contributed by atoms with van der Waals surface area (Å²) >= 11 is 3.59. The van der Waals surface area contributed by atoms with Crippen LogP contribution in [0, 0.1) is 5.92 Å². The Balaban J connectivity index is 2.18. The lowest BCUT2D eigenvalue weighted by atomic mass is 10.1. The van der Waals surface area contributed by atoms with Gasteiger partial charge < -0.3 is 4.74 Å². The lowest BCUT2D eigenvalue weighted by Crippen LogP contribution is -2.16. The first kappa shape index (κ1) is 10.0. The molecule has 2 atom stereocenters. The van der Waals surface area contributed by atoms with Gasteiger partial charge in [0.05, 0.1) is 6.61 Å². The van der Waals surface area contributed by atoms with Crippen LogP contribution in [0.2, 0.25) is 0 Å². The van der Waals surface area contributed by atoms with Crippen molar-refractivity contribution in [2.45, 2.75) is 37.4 Å². The maximum atomic E-state index is 10.8. The van der Waals surface area contributed by atoms with Crippen molar-refractivity contribution in [3.8, 4) is 0 Å². The zero-order valence-corrected chi connectivity index (χ0v) is 8.97. The largest absolute Gasteiger partial charge is 0.465 e. The zero-order valence-electron chi connectivity index (χ0n) is 7.38. The highest BCUT2D eigenvalue weighted by Crippen LogP contribution is 2.31. The Hall–Kier alpha value is -0.0500. The first-order chi connectivity index (χ1) is 5.74. The number of rotatable bonds is 3. The highest BCUT2D eigenvalue weighted by molar-refractivity contribution is 9.09. The van der Waals surface area contributed by atoms with Crippen LogP contribution in [0.25, 0.3) is 0 Å². The van der Waals surface area contributed by atoms with Crippen molar-refractivity contribution in [2.24, 2.45) is 5.92 Å². The lowest BCUT2D eigenvalue weighted by Gasteiger charge is -2.13. The summed E-state index contributed by atoms with van der Waals surface area (Å²) in [6.07, 6.45) is 4.14. The highest BCUT2D eigenvalue weighted by Gasteiger charge is 2.25. The number of esters is 1. The summed E-state index contributed by atoms with van der Waals surface area (Å²) in [7, 11) is 0. The molecule has 70 valence electrons. The zero-order chi connectivity index (χ0) is 8.97. The van der Waals surface area contributed by atoms with Crippen molar-refractivity contribution in [1.29, 1.82) is 0 Å². The first-order valence-corrected chi connectivity index (χ1v) is 5.45. The van der Waals surface area contributed by atoms with Gasteiger partial charge in [0.1, 0.15) is 0 Å². The van der Waals surface area contributed by atoms with Crippen molar-refractivity contribution < 1.29 is 9.53 Å². The van der Waals surface area contributed by atoms with E-state index in [9.17, 15) is 4.79 Å². The molecule has 0 aliphatic heterocycles. The maximum absolute atomic E-state index is 10.8. The molecule has 0 heterocycles. The van der Waals surface area contributed by atoms with E-state index in [1.165, 1.54) is 19.3 Å². The predicted octanol–water partition coefficient (Wildman–Crippen LogP) is 2.50. The number of alkyl halides is 1. The van der Waals surface area contributed by atoms with Crippen LogP contribution in [-0.4, -0.2) is 17.4 Å². The van der Waals surface area contributed by atoms with Crippen molar-refractivity contribution in [3.63, 3.8) is 0 Å². The summed E-state index contributed by atoms with van der Waals surface area (Å²) in [6.45, 7) is 2.42. The van der Waals surface area contributed by atoms with Gasteiger partial charge in [0.25, 0.3) is 0 Å². The van der Waals surface area contributed by atoms with E-state index in [1.54, 1.807) is 0 Å². The number of hydrogen-bond acceptors (Lipinski definition) is 2. The Morgan fingerprint density at radius 1 is 1.58 bits per heavy atom. The minimum atomic E-state index is -0.0819. The number of carbonyl (C=O) groups excluding carboxylic acids is 1. The molecule has 1 fully saturated rings. The van der Waals surface area contributed by atoms with Gasteiger partial charge in [-0.1, -0.05) is 29.3 Å². The Bertz CT molecular complexity index is 159. The predicted molar refractivity (Wildman–Crippen MR) is 51.3 cm³/mol. The van der Waals surface area contributed by atoms with Crippen LogP contribution in [0.15, 0.2) is 0 Å². The fourth-order valence-corrected chi connectivity index (χ4v) is 2.22. The van der Waals surface area contributed by atoms with Crippen LogP contribution < -0.4 is 0 Å². The minimum absolute atomic E-state index is 0.0819. The average Bonchev–Trinajstić information content (AvgIpc) is 2.47. The Labute approximate surface area is 81.8 Å². The Morgan fingerprint density at radius 3 is 2.83 bits per heavy atom. The summed E-state index contributed by atoms with van der Waals surface area (Å²) in [5.74, 6) is 0.460. The third kappa shape index (κ3) is 2.77. The molecule has 2 nitrogen and oxygen atoms in total. The normalized spacial score (nSPS) is 28.8. The average molecular weight is 235 g/mol. The summed E-state index contributed by atoms with van der Waals surface area (Å²) in [4.78, 5) is 11.4. The number of hydrogen-bond donors (Lipinski definition) is 0. The summed E-state index contributed by atoms with van der Waals surface area (Å²) in [5.41, 5.74) is 0. The van der Waals surface area contributed by atoms with Gasteiger partial charge in [-0.25, -0.2) is 0 Å². The highest BCUT2D eigenvalue weighted by atomic mass is 79.9. The summed E-state index contributed by atoms with van der Waals surface area (Å²) < 4.78 is 5.08. The van der Waals surface area contributed by atoms with E-state index in [2.05, 4.69) is 15.9 Å². The first-order valence-electron chi connectivity index (χ1n) is 4.53. The maximum Gasteiger partial charge on any atom is 0.305 e. The van der Waals surface area contributed by atoms with E-state index in [-0.39, 0.29) is 5.97 Å². The smallest absolute Gasteiger partial charge is 0.305 e. The molecule has 2 unspecified atom stereocenters. The van der Waals surface area contributed by atoms with Crippen molar-refractivity contribution >= 4 is 21.9 Å². The number of carbonyl (C=O) groups is 1. The molecular weight excluding hydrogens is 220 g/mol. The van der Waals surface area contributed by atoms with Crippen LogP contribution in [-0.2, 0) is 9.53 Å². The summed E-state index contributed by atoms with van der Waals surface area (Å²) in [5, 5.41) is 0. The van der Waals surface area contributed by atoms with Gasteiger partial charge in [0.15, 0.2) is 0 Å². The topological polar surface area (TPSA) is 26.3 Å². The lowest BCUT2D eigenvalue weighted by molar-refractivity contribution is -0.144. The molecule has 1 aliphatic carbocycles. The SMILES string of the molecule is CCC(=O)OCC1CCCC1Br. The Morgan fingerprint density at radius 2 is 2.33 bits per heavy atom. The molecule has 1 aliphatic rings. The van der Waals surface area contributed by atoms with Crippen LogP contribution in [0.5, 0.6) is 0 Å². The fraction of sp³-hybridized carbons (Fsp3) is 0.889. The quantitative estimate of drug-likeness (QED) is 0.555. The van der Waals surface area contributed by atoms with Crippen LogP contribution >= 0.6 is 15.9 Å². The van der Waals surface area contributed by atoms with Gasteiger partial charge in [-0.3, -0.25) is 4.79 Å². The van der Waals surface area contributed by atoms with Gasteiger partial charge in [0, 0.05) is 17.2 Å². The van der Waals surface area contributed by atoms with Crippen molar-refractivity contribution in [2.75, 3.05) is 6.61 Å². The van der Waals surface area contributed by atoms with Crippen molar-refractivity contribution in [1.82, 2.24) is 0 Å². The fourth-order valence-electron chi connectivity index (χ4n) is 1.48. The molecule has 12 heavy (non-hydrogen) atoms. The minimum Gasteiger partial charge on any atom is -0.465 e. The molecule has 0 radical (unpaired) electrons. The van der Waals surface area contributed by atoms with E-state index in [0.29, 0.717) is 23.8 Å². The third-order valence-corrected chi connectivity index (χ3v) is 3.52. The van der Waals surface area contributed by atoms with E-state index in [0.717, 1.165) is 0 Å². The molecule has 3 heteroatoms. The Kier molecular flexibility index (Phi) is 4.06. The second-order valence-corrected chi connectivity index (χ2v) is 4.42. The van der Waals surface area contributed by atoms with E-state index in [1.807, 2.05) is 6.92 Å². The molecule has 1 rings (SSSR count). The number of halogens is 1. The van der Waals surface area contributed by atoms with Crippen molar-refractivity contribution in [3.05, 3.63) is 0 Å². The van der Waals surface area contributed by atoms with Crippen LogP contribution in [0.1, 0.15) is 32.6 Å². The third-order valence-electron chi connectivity index (χ3n) is 2.31. The van der Waals surface area contributed by atoms with Gasteiger partial charge in [-0.2, -0.15) is 0 Å². The van der Waals surface area contributed by atoms with Gasteiger partial charge in [0.2, 0.25) is 0 Å². The van der Waals surface area contributed by atoms with E-state index in [4.69, 9.17) is 4.74 Å². The van der Waals surface area contributed by atoms with Crippen LogP contribution in [0.3, 0.4) is 0 Å². The molecule has 0 bridgehead atoms. The van der Waals surface area contributed by atoms with Crippen LogP contribution in [0.4, 0.5) is 0 Å². The molecule has 0 aromatic rings. The summed E-state index contributed by atoms with van der Waals surface area (Å²) in [6, 6.07) is 0. The van der Waals surface area contributed by atoms with Gasteiger partial charge >= 0.3 is 5.97 Å². The second kappa shape index (κ2) is 4.85. The molecule has 0 spiro atoms. The second-order valence-electron chi connectivity index (χ2n) is 3.24. The van der Waals surface area contributed by atoms with Gasteiger partial charge in [-0.05, 0) is 12.8 Å². The monoisotopic (exact) mass is 234 g/mol. The molecule has 0 aromatic carbocycles. The molecule has 0 aromatic heterocycles. The molecule has 0 saturated heterocycles. The van der Waals surface area contributed by atoms with E-state index >= 15 is 0 Å². The van der Waals surface area contributed by atoms with Gasteiger partial charge in [-0.15, -0.1) is 0 Å². The molecular formula is C9H15BrO2. The molecule has 0 N–H and O–H groups in total. The molecule has 0 amide bonds.